The molecule has 0 spiro atoms. The summed E-state index contributed by atoms with van der Waals surface area (Å²) in [6, 6.07) is 8.88. The predicted octanol–water partition coefficient (Wildman–Crippen LogP) is 3.99. The minimum Gasteiger partial charge on any atom is -0.462 e. The van der Waals surface area contributed by atoms with Gasteiger partial charge in [-0.3, -0.25) is 10.1 Å². The van der Waals surface area contributed by atoms with Gasteiger partial charge >= 0.3 is 12.1 Å². The smallest absolute Gasteiger partial charge is 0.435 e. The predicted molar refractivity (Wildman–Crippen MR) is 87.2 cm³/mol. The molecule has 9 heteroatoms. The van der Waals surface area contributed by atoms with Crippen molar-refractivity contribution in [3.8, 4) is 0 Å². The van der Waals surface area contributed by atoms with Crippen LogP contribution in [0.4, 0.5) is 18.3 Å². The maximum atomic E-state index is 13.0. The van der Waals surface area contributed by atoms with E-state index in [0.29, 0.717) is 11.3 Å². The molecule has 0 radical (unpaired) electrons. The van der Waals surface area contributed by atoms with E-state index in [2.05, 4.69) is 15.0 Å². The van der Waals surface area contributed by atoms with Crippen molar-refractivity contribution in [2.24, 2.45) is 0 Å². The number of hydrogen-bond donors (Lipinski definition) is 1. The SMILES string of the molecule is CCOC(=O)c1sc(NC(=O)/C=C/c2ccccc2)nc1C(F)(F)F. The molecule has 1 N–H and O–H groups in total. The first kappa shape index (κ1) is 18.7. The zero-order valence-corrected chi connectivity index (χ0v) is 13.8. The van der Waals surface area contributed by atoms with Crippen LogP contribution < -0.4 is 5.32 Å². The molecule has 1 heterocycles. The van der Waals surface area contributed by atoms with Crippen molar-refractivity contribution in [2.75, 3.05) is 11.9 Å². The second kappa shape index (κ2) is 7.93. The molecule has 0 bridgehead atoms. The van der Waals surface area contributed by atoms with Gasteiger partial charge in [-0.25, -0.2) is 9.78 Å². The van der Waals surface area contributed by atoms with Crippen molar-refractivity contribution in [2.45, 2.75) is 13.1 Å². The van der Waals surface area contributed by atoms with Crippen LogP contribution in [0.25, 0.3) is 6.08 Å². The molecular formula is C16H13F3N2O3S. The fraction of sp³-hybridized carbons (Fsp3) is 0.188. The van der Waals surface area contributed by atoms with Gasteiger partial charge in [0.1, 0.15) is 4.88 Å². The Hall–Kier alpha value is -2.68. The van der Waals surface area contributed by atoms with Crippen molar-refractivity contribution in [1.82, 2.24) is 4.98 Å². The van der Waals surface area contributed by atoms with Gasteiger partial charge in [-0.15, -0.1) is 0 Å². The summed E-state index contributed by atoms with van der Waals surface area (Å²) in [5.74, 6) is -1.80. The number of alkyl halides is 3. The summed E-state index contributed by atoms with van der Waals surface area (Å²) in [5, 5.41) is 1.88. The Morgan fingerprint density at radius 3 is 2.56 bits per heavy atom. The normalized spacial score (nSPS) is 11.5. The third-order valence-corrected chi connectivity index (χ3v) is 3.76. The Morgan fingerprint density at radius 1 is 1.28 bits per heavy atom. The number of esters is 1. The Kier molecular flexibility index (Phi) is 5.92. The molecule has 0 fully saturated rings. The molecule has 0 unspecified atom stereocenters. The molecule has 0 aliphatic heterocycles. The van der Waals surface area contributed by atoms with Crippen molar-refractivity contribution in [3.05, 3.63) is 52.5 Å². The third kappa shape index (κ3) is 5.15. The Morgan fingerprint density at radius 2 is 1.96 bits per heavy atom. The first-order chi connectivity index (χ1) is 11.8. The van der Waals surface area contributed by atoms with Crippen LogP contribution in [0.5, 0.6) is 0 Å². The number of rotatable bonds is 5. The lowest BCUT2D eigenvalue weighted by Crippen LogP contribution is -2.14. The number of nitrogens with one attached hydrogen (secondary N) is 1. The first-order valence-corrected chi connectivity index (χ1v) is 7.92. The van der Waals surface area contributed by atoms with E-state index in [4.69, 9.17) is 0 Å². The molecular weight excluding hydrogens is 357 g/mol. The minimum atomic E-state index is -4.83. The number of amides is 1. The average molecular weight is 370 g/mol. The molecule has 2 rings (SSSR count). The van der Waals surface area contributed by atoms with E-state index in [0.717, 1.165) is 11.6 Å². The number of benzene rings is 1. The van der Waals surface area contributed by atoms with Crippen LogP contribution in [0.15, 0.2) is 36.4 Å². The van der Waals surface area contributed by atoms with Crippen LogP contribution >= 0.6 is 11.3 Å². The third-order valence-electron chi connectivity index (χ3n) is 2.81. The van der Waals surface area contributed by atoms with Crippen LogP contribution in [0.1, 0.15) is 27.9 Å². The molecule has 0 aliphatic rings. The van der Waals surface area contributed by atoms with Gasteiger partial charge in [-0.1, -0.05) is 41.7 Å². The van der Waals surface area contributed by atoms with E-state index in [9.17, 15) is 22.8 Å². The fourth-order valence-corrected chi connectivity index (χ4v) is 2.67. The van der Waals surface area contributed by atoms with Crippen molar-refractivity contribution >= 4 is 34.4 Å². The van der Waals surface area contributed by atoms with E-state index in [-0.39, 0.29) is 11.7 Å². The lowest BCUT2D eigenvalue weighted by atomic mass is 10.2. The highest BCUT2D eigenvalue weighted by Crippen LogP contribution is 2.36. The van der Waals surface area contributed by atoms with Gasteiger partial charge in [-0.2, -0.15) is 13.2 Å². The van der Waals surface area contributed by atoms with Crippen LogP contribution in [0.2, 0.25) is 0 Å². The lowest BCUT2D eigenvalue weighted by Gasteiger charge is -2.04. The lowest BCUT2D eigenvalue weighted by molar-refractivity contribution is -0.141. The monoisotopic (exact) mass is 370 g/mol. The maximum absolute atomic E-state index is 13.0. The topological polar surface area (TPSA) is 68.3 Å². The van der Waals surface area contributed by atoms with Crippen LogP contribution in [0.3, 0.4) is 0 Å². The summed E-state index contributed by atoms with van der Waals surface area (Å²) in [6.45, 7) is 1.40. The number of carbonyl (C=O) groups is 2. The van der Waals surface area contributed by atoms with Gasteiger partial charge in [0.05, 0.1) is 6.61 Å². The van der Waals surface area contributed by atoms with Crippen LogP contribution in [-0.2, 0) is 15.7 Å². The van der Waals surface area contributed by atoms with Gasteiger partial charge in [0.15, 0.2) is 10.8 Å². The molecule has 0 aliphatic carbocycles. The number of carbonyl (C=O) groups excluding carboxylic acids is 2. The number of aromatic nitrogens is 1. The second-order valence-electron chi connectivity index (χ2n) is 4.65. The summed E-state index contributed by atoms with van der Waals surface area (Å²) in [5.41, 5.74) is -0.627. The summed E-state index contributed by atoms with van der Waals surface area (Å²) < 4.78 is 43.5. The summed E-state index contributed by atoms with van der Waals surface area (Å²) in [7, 11) is 0. The minimum absolute atomic E-state index is 0.0739. The zero-order chi connectivity index (χ0) is 18.4. The van der Waals surface area contributed by atoms with Gasteiger partial charge in [0.25, 0.3) is 0 Å². The van der Waals surface area contributed by atoms with Crippen molar-refractivity contribution in [3.63, 3.8) is 0 Å². The van der Waals surface area contributed by atoms with E-state index >= 15 is 0 Å². The van der Waals surface area contributed by atoms with E-state index in [1.165, 1.54) is 13.0 Å². The highest BCUT2D eigenvalue weighted by Gasteiger charge is 2.40. The van der Waals surface area contributed by atoms with E-state index in [1.54, 1.807) is 24.3 Å². The van der Waals surface area contributed by atoms with Crippen molar-refractivity contribution < 1.29 is 27.5 Å². The molecule has 2 aromatic rings. The number of nitrogens with zero attached hydrogens (tertiary/aromatic N) is 1. The van der Waals surface area contributed by atoms with Crippen LogP contribution in [0, 0.1) is 0 Å². The second-order valence-corrected chi connectivity index (χ2v) is 5.65. The molecule has 0 saturated carbocycles. The number of anilines is 1. The number of halogens is 3. The van der Waals surface area contributed by atoms with Gasteiger partial charge in [0, 0.05) is 6.08 Å². The van der Waals surface area contributed by atoms with E-state index < -0.39 is 28.6 Å². The molecule has 1 amide bonds. The standard InChI is InChI=1S/C16H13F3N2O3S/c1-2-24-14(23)12-13(16(17,18)19)21-15(25-12)20-11(22)9-8-10-6-4-3-5-7-10/h3-9H,2H2,1H3,(H,20,21,22)/b9-8+. The molecule has 5 nitrogen and oxygen atoms in total. The zero-order valence-electron chi connectivity index (χ0n) is 13.0. The van der Waals surface area contributed by atoms with Crippen molar-refractivity contribution in [1.29, 1.82) is 0 Å². The van der Waals surface area contributed by atoms with Gasteiger partial charge in [0.2, 0.25) is 5.91 Å². The quantitative estimate of drug-likeness (QED) is 0.638. The number of ether oxygens (including phenoxy) is 1. The Labute approximate surface area is 145 Å². The first-order valence-electron chi connectivity index (χ1n) is 7.10. The summed E-state index contributed by atoms with van der Waals surface area (Å²) in [4.78, 5) is 26.1. The molecule has 0 atom stereocenters. The molecule has 25 heavy (non-hydrogen) atoms. The average Bonchev–Trinajstić information content (AvgIpc) is 2.98. The van der Waals surface area contributed by atoms with Crippen LogP contribution in [-0.4, -0.2) is 23.5 Å². The van der Waals surface area contributed by atoms with Gasteiger partial charge in [-0.05, 0) is 18.6 Å². The maximum Gasteiger partial charge on any atom is 0.435 e. The number of hydrogen-bond acceptors (Lipinski definition) is 5. The Balaban J connectivity index is 2.18. The molecule has 1 aromatic carbocycles. The Bertz CT molecular complexity index is 786. The fourth-order valence-electron chi connectivity index (χ4n) is 1.78. The molecule has 0 saturated heterocycles. The largest absolute Gasteiger partial charge is 0.462 e. The summed E-state index contributed by atoms with van der Waals surface area (Å²) >= 11 is 0.413. The molecule has 1 aromatic heterocycles. The van der Waals surface area contributed by atoms with Gasteiger partial charge < -0.3 is 4.74 Å². The number of thiazole rings is 1. The molecule has 132 valence electrons. The summed E-state index contributed by atoms with van der Waals surface area (Å²) in [6.07, 6.45) is -2.17. The highest BCUT2D eigenvalue weighted by molar-refractivity contribution is 7.17. The highest BCUT2D eigenvalue weighted by atomic mass is 32.1. The van der Waals surface area contributed by atoms with E-state index in [1.807, 2.05) is 6.07 Å².